The van der Waals surface area contributed by atoms with E-state index in [-0.39, 0.29) is 23.9 Å². The molecular weight excluding hydrogens is 258 g/mol. The van der Waals surface area contributed by atoms with Crippen molar-refractivity contribution < 1.29 is 14.7 Å². The molecule has 108 valence electrons. The van der Waals surface area contributed by atoms with Gasteiger partial charge in [0.05, 0.1) is 5.69 Å². The third-order valence-electron chi connectivity index (χ3n) is 3.61. The molecule has 2 heterocycles. The summed E-state index contributed by atoms with van der Waals surface area (Å²) < 4.78 is 0. The van der Waals surface area contributed by atoms with Crippen molar-refractivity contribution >= 4 is 17.6 Å². The number of aromatic nitrogens is 1. The Balaban J connectivity index is 2.00. The van der Waals surface area contributed by atoms with Crippen LogP contribution < -0.4 is 5.73 Å². The number of hydrogen-bond donors (Lipinski definition) is 2. The first-order chi connectivity index (χ1) is 9.58. The predicted molar refractivity (Wildman–Crippen MR) is 74.1 cm³/mol. The van der Waals surface area contributed by atoms with Crippen LogP contribution >= 0.6 is 0 Å². The molecule has 1 amide bonds. The number of nitrogen functional groups attached to an aromatic ring is 1. The summed E-state index contributed by atoms with van der Waals surface area (Å²) in [6.07, 6.45) is 4.17. The molecule has 6 heteroatoms. The summed E-state index contributed by atoms with van der Waals surface area (Å²) in [5.74, 6) is -0.709. The molecule has 20 heavy (non-hydrogen) atoms. The van der Waals surface area contributed by atoms with Gasteiger partial charge >= 0.3 is 5.97 Å². The van der Waals surface area contributed by atoms with E-state index in [1.165, 1.54) is 0 Å². The van der Waals surface area contributed by atoms with Crippen LogP contribution in [0.15, 0.2) is 18.3 Å². The minimum Gasteiger partial charge on any atom is -0.481 e. The van der Waals surface area contributed by atoms with Crippen LogP contribution in [-0.4, -0.2) is 40.0 Å². The number of hydrogen-bond acceptors (Lipinski definition) is 4. The van der Waals surface area contributed by atoms with Gasteiger partial charge < -0.3 is 15.7 Å². The summed E-state index contributed by atoms with van der Waals surface area (Å²) in [6, 6.07) is 3.35. The second kappa shape index (κ2) is 6.36. The molecular formula is C14H19N3O3. The van der Waals surface area contributed by atoms with E-state index >= 15 is 0 Å². The molecule has 0 bridgehead atoms. The standard InChI is InChI=1S/C14H19N3O3/c15-11-4-1-7-16-13(11)14(20)17-8-2-3-10(9-17)5-6-12(18)19/h1,4,7,10H,2-3,5-6,8-9,15H2,(H,18,19). The van der Waals surface area contributed by atoms with Crippen LogP contribution in [0.2, 0.25) is 0 Å². The maximum Gasteiger partial charge on any atom is 0.303 e. The predicted octanol–water partition coefficient (Wildman–Crippen LogP) is 1.38. The number of nitrogens with zero attached hydrogens (tertiary/aromatic N) is 2. The van der Waals surface area contributed by atoms with Gasteiger partial charge in [-0.2, -0.15) is 0 Å². The van der Waals surface area contributed by atoms with Gasteiger partial charge in [0.2, 0.25) is 0 Å². The number of carboxylic acid groups (broad SMARTS) is 1. The van der Waals surface area contributed by atoms with Gasteiger partial charge in [-0.05, 0) is 37.3 Å². The Labute approximate surface area is 117 Å². The largest absolute Gasteiger partial charge is 0.481 e. The van der Waals surface area contributed by atoms with Crippen molar-refractivity contribution in [2.45, 2.75) is 25.7 Å². The van der Waals surface area contributed by atoms with E-state index in [0.717, 1.165) is 12.8 Å². The fraction of sp³-hybridized carbons (Fsp3) is 0.500. The number of likely N-dealkylation sites (tertiary alicyclic amines) is 1. The molecule has 1 unspecified atom stereocenters. The minimum absolute atomic E-state index is 0.151. The molecule has 1 saturated heterocycles. The average Bonchev–Trinajstić information content (AvgIpc) is 2.45. The van der Waals surface area contributed by atoms with Crippen molar-refractivity contribution in [2.24, 2.45) is 5.92 Å². The zero-order valence-electron chi connectivity index (χ0n) is 11.3. The first-order valence-corrected chi connectivity index (χ1v) is 6.79. The summed E-state index contributed by atoms with van der Waals surface area (Å²) in [7, 11) is 0. The van der Waals surface area contributed by atoms with Gasteiger partial charge in [-0.3, -0.25) is 9.59 Å². The molecule has 6 nitrogen and oxygen atoms in total. The Morgan fingerprint density at radius 1 is 1.50 bits per heavy atom. The number of pyridine rings is 1. The van der Waals surface area contributed by atoms with Gasteiger partial charge in [-0.15, -0.1) is 0 Å². The number of nitrogens with two attached hydrogens (primary N) is 1. The number of amides is 1. The lowest BCUT2D eigenvalue weighted by atomic mass is 9.93. The molecule has 1 aliphatic rings. The van der Waals surface area contributed by atoms with E-state index in [9.17, 15) is 9.59 Å². The maximum absolute atomic E-state index is 12.4. The number of piperidine rings is 1. The van der Waals surface area contributed by atoms with Crippen LogP contribution in [0.5, 0.6) is 0 Å². The first kappa shape index (κ1) is 14.3. The molecule has 0 aromatic carbocycles. The van der Waals surface area contributed by atoms with Crippen LogP contribution in [0.25, 0.3) is 0 Å². The molecule has 0 spiro atoms. The highest BCUT2D eigenvalue weighted by Crippen LogP contribution is 2.23. The lowest BCUT2D eigenvalue weighted by Crippen LogP contribution is -2.40. The number of carboxylic acids is 1. The fourth-order valence-electron chi connectivity index (χ4n) is 2.56. The van der Waals surface area contributed by atoms with Gasteiger partial charge in [0, 0.05) is 25.7 Å². The highest BCUT2D eigenvalue weighted by molar-refractivity contribution is 5.97. The van der Waals surface area contributed by atoms with Crippen LogP contribution in [0.3, 0.4) is 0 Å². The molecule has 3 N–H and O–H groups in total. The molecule has 0 radical (unpaired) electrons. The van der Waals surface area contributed by atoms with Crippen molar-refractivity contribution in [3.63, 3.8) is 0 Å². The molecule has 2 rings (SSSR count). The smallest absolute Gasteiger partial charge is 0.303 e. The Morgan fingerprint density at radius 3 is 3.00 bits per heavy atom. The van der Waals surface area contributed by atoms with Crippen LogP contribution in [-0.2, 0) is 4.79 Å². The van der Waals surface area contributed by atoms with Crippen molar-refractivity contribution in [3.05, 3.63) is 24.0 Å². The Bertz CT molecular complexity index is 504. The molecule has 1 aliphatic heterocycles. The van der Waals surface area contributed by atoms with E-state index in [1.807, 2.05) is 0 Å². The van der Waals surface area contributed by atoms with Gasteiger partial charge in [0.25, 0.3) is 5.91 Å². The molecule has 1 aromatic heterocycles. The maximum atomic E-state index is 12.4. The summed E-state index contributed by atoms with van der Waals surface area (Å²) in [6.45, 7) is 1.26. The third kappa shape index (κ3) is 3.46. The van der Waals surface area contributed by atoms with Crippen molar-refractivity contribution in [3.8, 4) is 0 Å². The summed E-state index contributed by atoms with van der Waals surface area (Å²) in [5.41, 5.74) is 6.44. The topological polar surface area (TPSA) is 96.5 Å². The highest BCUT2D eigenvalue weighted by atomic mass is 16.4. The third-order valence-corrected chi connectivity index (χ3v) is 3.61. The van der Waals surface area contributed by atoms with E-state index in [4.69, 9.17) is 10.8 Å². The number of carbonyl (C=O) groups is 2. The van der Waals surface area contributed by atoms with Gasteiger partial charge in [0.1, 0.15) is 0 Å². The lowest BCUT2D eigenvalue weighted by molar-refractivity contribution is -0.137. The van der Waals surface area contributed by atoms with Crippen LogP contribution in [0.4, 0.5) is 5.69 Å². The molecule has 1 fully saturated rings. The van der Waals surface area contributed by atoms with Crippen LogP contribution in [0, 0.1) is 5.92 Å². The summed E-state index contributed by atoms with van der Waals surface area (Å²) >= 11 is 0. The number of anilines is 1. The quantitative estimate of drug-likeness (QED) is 0.866. The lowest BCUT2D eigenvalue weighted by Gasteiger charge is -2.32. The fourth-order valence-corrected chi connectivity index (χ4v) is 2.56. The second-order valence-corrected chi connectivity index (χ2v) is 5.13. The second-order valence-electron chi connectivity index (χ2n) is 5.13. The van der Waals surface area contributed by atoms with E-state index in [0.29, 0.717) is 25.2 Å². The molecule has 1 atom stereocenters. The number of rotatable bonds is 4. The highest BCUT2D eigenvalue weighted by Gasteiger charge is 2.26. The zero-order chi connectivity index (χ0) is 14.5. The van der Waals surface area contributed by atoms with E-state index in [2.05, 4.69) is 4.98 Å². The zero-order valence-corrected chi connectivity index (χ0v) is 11.3. The average molecular weight is 277 g/mol. The van der Waals surface area contributed by atoms with E-state index < -0.39 is 5.97 Å². The Morgan fingerprint density at radius 2 is 2.30 bits per heavy atom. The van der Waals surface area contributed by atoms with Gasteiger partial charge in [0.15, 0.2) is 5.69 Å². The van der Waals surface area contributed by atoms with Crippen molar-refractivity contribution in [1.29, 1.82) is 0 Å². The normalized spacial score (nSPS) is 18.8. The number of aliphatic carboxylic acids is 1. The molecule has 1 aromatic rings. The van der Waals surface area contributed by atoms with Crippen molar-refractivity contribution in [2.75, 3.05) is 18.8 Å². The van der Waals surface area contributed by atoms with Crippen molar-refractivity contribution in [1.82, 2.24) is 9.88 Å². The molecule has 0 saturated carbocycles. The first-order valence-electron chi connectivity index (χ1n) is 6.79. The Hall–Kier alpha value is -2.11. The monoisotopic (exact) mass is 277 g/mol. The number of carbonyl (C=O) groups excluding carboxylic acids is 1. The SMILES string of the molecule is Nc1cccnc1C(=O)N1CCCC(CCC(=O)O)C1. The minimum atomic E-state index is -0.789. The van der Waals surface area contributed by atoms with Gasteiger partial charge in [-0.1, -0.05) is 0 Å². The van der Waals surface area contributed by atoms with Gasteiger partial charge in [-0.25, -0.2) is 4.98 Å². The van der Waals surface area contributed by atoms with Crippen LogP contribution in [0.1, 0.15) is 36.2 Å². The summed E-state index contributed by atoms with van der Waals surface area (Å²) in [5, 5.41) is 8.73. The molecule has 0 aliphatic carbocycles. The van der Waals surface area contributed by atoms with E-state index in [1.54, 1.807) is 23.2 Å². The summed E-state index contributed by atoms with van der Waals surface area (Å²) in [4.78, 5) is 28.8. The Kier molecular flexibility index (Phi) is 4.55.